The van der Waals surface area contributed by atoms with E-state index in [0.29, 0.717) is 13.2 Å². The minimum Gasteiger partial charge on any atom is -0.388 e. The van der Waals surface area contributed by atoms with E-state index < -0.39 is 30.7 Å². The zero-order chi connectivity index (χ0) is 13.5. The van der Waals surface area contributed by atoms with Crippen LogP contribution in [0.15, 0.2) is 0 Å². The molecule has 1 heterocycles. The first-order valence-electron chi connectivity index (χ1n) is 5.96. The van der Waals surface area contributed by atoms with E-state index in [9.17, 15) is 5.11 Å². The molecule has 5 atom stereocenters. The number of aliphatic hydroxyl groups excluding tert-OH is 1. The van der Waals surface area contributed by atoms with E-state index in [1.54, 1.807) is 0 Å². The van der Waals surface area contributed by atoms with Crippen LogP contribution in [0.5, 0.6) is 0 Å². The lowest BCUT2D eigenvalue weighted by atomic mass is 9.98. The number of hydrogen-bond acceptors (Lipinski definition) is 7. The lowest BCUT2D eigenvalue weighted by Crippen LogP contribution is -2.61. The van der Waals surface area contributed by atoms with Gasteiger partial charge in [-0.05, 0) is 6.92 Å². The molecule has 0 aromatic carbocycles. The van der Waals surface area contributed by atoms with E-state index in [-0.39, 0.29) is 0 Å². The van der Waals surface area contributed by atoms with Gasteiger partial charge in [0.15, 0.2) is 6.29 Å². The van der Waals surface area contributed by atoms with Crippen LogP contribution in [0.25, 0.3) is 0 Å². The average Bonchev–Trinajstić information content (AvgIpc) is 2.38. The Morgan fingerprint density at radius 3 is 2.39 bits per heavy atom. The van der Waals surface area contributed by atoms with Gasteiger partial charge in [0.2, 0.25) is 0 Å². The Labute approximate surface area is 107 Å². The molecule has 0 radical (unpaired) electrons. The number of hydroxylamine groups is 1. The highest BCUT2D eigenvalue weighted by Gasteiger charge is 2.46. The predicted molar refractivity (Wildman–Crippen MR) is 62.9 cm³/mol. The van der Waals surface area contributed by atoms with Gasteiger partial charge in [-0.1, -0.05) is 0 Å². The smallest absolute Gasteiger partial charge is 0.186 e. The molecule has 0 saturated carbocycles. The molecule has 2 N–H and O–H groups in total. The maximum Gasteiger partial charge on any atom is 0.186 e. The van der Waals surface area contributed by atoms with E-state index in [1.807, 2.05) is 6.92 Å². The summed E-state index contributed by atoms with van der Waals surface area (Å²) in [5.41, 5.74) is 2.65. The third-order valence-electron chi connectivity index (χ3n) is 2.91. The molecular weight excluding hydrogens is 242 g/mol. The first kappa shape index (κ1) is 15.8. The van der Waals surface area contributed by atoms with Gasteiger partial charge in [-0.3, -0.25) is 0 Å². The molecule has 1 fully saturated rings. The summed E-state index contributed by atoms with van der Waals surface area (Å²) in [5, 5.41) is 10.2. The third-order valence-corrected chi connectivity index (χ3v) is 2.91. The minimum absolute atomic E-state index is 0.330. The molecule has 1 aliphatic rings. The Balaban J connectivity index is 2.73. The summed E-state index contributed by atoms with van der Waals surface area (Å²) < 4.78 is 21.7. The molecule has 0 aliphatic carbocycles. The summed E-state index contributed by atoms with van der Waals surface area (Å²) in [4.78, 5) is 4.75. The molecule has 7 nitrogen and oxygen atoms in total. The van der Waals surface area contributed by atoms with Crippen molar-refractivity contribution in [3.63, 3.8) is 0 Å². The van der Waals surface area contributed by atoms with Gasteiger partial charge >= 0.3 is 0 Å². The van der Waals surface area contributed by atoms with Gasteiger partial charge in [0.25, 0.3) is 0 Å². The third kappa shape index (κ3) is 3.61. The van der Waals surface area contributed by atoms with Crippen LogP contribution in [-0.4, -0.2) is 70.3 Å². The second kappa shape index (κ2) is 8.00. The normalized spacial score (nSPS) is 36.8. The van der Waals surface area contributed by atoms with E-state index >= 15 is 0 Å². The highest BCUT2D eigenvalue weighted by atomic mass is 16.7. The van der Waals surface area contributed by atoms with E-state index in [2.05, 4.69) is 5.48 Å². The molecule has 0 aromatic rings. The maximum atomic E-state index is 10.2. The van der Waals surface area contributed by atoms with Crippen molar-refractivity contribution in [2.24, 2.45) is 0 Å². The SMILES string of the molecule is CCOC1C(OC)OC(CNOC)C(O)C1OC. The second-order valence-electron chi connectivity index (χ2n) is 3.94. The molecule has 0 amide bonds. The maximum absolute atomic E-state index is 10.2. The number of rotatable bonds is 7. The Hall–Kier alpha value is -0.280. The van der Waals surface area contributed by atoms with Crippen molar-refractivity contribution in [1.29, 1.82) is 0 Å². The van der Waals surface area contributed by atoms with Crippen molar-refractivity contribution in [2.75, 3.05) is 34.5 Å². The zero-order valence-electron chi connectivity index (χ0n) is 11.3. The molecule has 0 bridgehead atoms. The van der Waals surface area contributed by atoms with Gasteiger partial charge in [-0.2, -0.15) is 0 Å². The quantitative estimate of drug-likeness (QED) is 0.589. The largest absolute Gasteiger partial charge is 0.388 e. The molecule has 18 heavy (non-hydrogen) atoms. The van der Waals surface area contributed by atoms with E-state index in [1.165, 1.54) is 21.3 Å². The summed E-state index contributed by atoms with van der Waals surface area (Å²) in [5.74, 6) is 0. The highest BCUT2D eigenvalue weighted by Crippen LogP contribution is 2.25. The first-order valence-corrected chi connectivity index (χ1v) is 5.96. The Bertz CT molecular complexity index is 230. The van der Waals surface area contributed by atoms with Crippen LogP contribution in [0.3, 0.4) is 0 Å². The molecule has 0 spiro atoms. The van der Waals surface area contributed by atoms with E-state index in [4.69, 9.17) is 23.8 Å². The summed E-state index contributed by atoms with van der Waals surface area (Å²) in [6, 6.07) is 0. The standard InChI is InChI=1S/C11H23NO6/c1-5-17-10-9(14-2)8(13)7(6-12-16-4)18-11(10)15-3/h7-13H,5-6H2,1-4H3. The van der Waals surface area contributed by atoms with Crippen LogP contribution >= 0.6 is 0 Å². The lowest BCUT2D eigenvalue weighted by molar-refractivity contribution is -0.303. The fourth-order valence-electron chi connectivity index (χ4n) is 2.05. The van der Waals surface area contributed by atoms with Crippen LogP contribution < -0.4 is 5.48 Å². The Kier molecular flexibility index (Phi) is 7.02. The second-order valence-corrected chi connectivity index (χ2v) is 3.94. The molecule has 0 aromatic heterocycles. The molecule has 108 valence electrons. The highest BCUT2D eigenvalue weighted by molar-refractivity contribution is 4.91. The topological polar surface area (TPSA) is 78.4 Å². The van der Waals surface area contributed by atoms with Gasteiger partial charge < -0.3 is 28.9 Å². The Morgan fingerprint density at radius 1 is 1.17 bits per heavy atom. The number of methoxy groups -OCH3 is 2. The zero-order valence-corrected chi connectivity index (χ0v) is 11.3. The predicted octanol–water partition coefficient (Wildman–Crippen LogP) is -0.710. The average molecular weight is 265 g/mol. The van der Waals surface area contributed by atoms with Crippen molar-refractivity contribution in [1.82, 2.24) is 5.48 Å². The van der Waals surface area contributed by atoms with Gasteiger partial charge in [0.05, 0.1) is 13.7 Å². The summed E-state index contributed by atoms with van der Waals surface area (Å²) in [6.45, 7) is 2.68. The van der Waals surface area contributed by atoms with E-state index in [0.717, 1.165) is 0 Å². The van der Waals surface area contributed by atoms with Crippen molar-refractivity contribution < 1.29 is 28.9 Å². The number of ether oxygens (including phenoxy) is 4. The van der Waals surface area contributed by atoms with Gasteiger partial charge in [-0.25, -0.2) is 5.48 Å². The molecule has 7 heteroatoms. The van der Waals surface area contributed by atoms with Crippen molar-refractivity contribution in [3.05, 3.63) is 0 Å². The summed E-state index contributed by atoms with van der Waals surface area (Å²) >= 11 is 0. The summed E-state index contributed by atoms with van der Waals surface area (Å²) in [7, 11) is 4.56. The minimum atomic E-state index is -0.819. The molecule has 1 aliphatic heterocycles. The van der Waals surface area contributed by atoms with Gasteiger partial charge in [0, 0.05) is 20.8 Å². The number of aliphatic hydroxyl groups is 1. The van der Waals surface area contributed by atoms with Crippen LogP contribution in [0.2, 0.25) is 0 Å². The fourth-order valence-corrected chi connectivity index (χ4v) is 2.05. The van der Waals surface area contributed by atoms with Crippen molar-refractivity contribution in [3.8, 4) is 0 Å². The molecule has 5 unspecified atom stereocenters. The van der Waals surface area contributed by atoms with Gasteiger partial charge in [-0.15, -0.1) is 0 Å². The molecular formula is C11H23NO6. The van der Waals surface area contributed by atoms with Crippen LogP contribution in [0.1, 0.15) is 6.92 Å². The Morgan fingerprint density at radius 2 is 1.89 bits per heavy atom. The molecule has 1 saturated heterocycles. The van der Waals surface area contributed by atoms with Gasteiger partial charge in [0.1, 0.15) is 24.4 Å². The van der Waals surface area contributed by atoms with Crippen LogP contribution in [0.4, 0.5) is 0 Å². The fraction of sp³-hybridized carbons (Fsp3) is 1.00. The first-order chi connectivity index (χ1) is 8.69. The number of nitrogens with one attached hydrogen (secondary N) is 1. The van der Waals surface area contributed by atoms with Crippen molar-refractivity contribution >= 4 is 0 Å². The monoisotopic (exact) mass is 265 g/mol. The van der Waals surface area contributed by atoms with Crippen LogP contribution in [0, 0.1) is 0 Å². The van der Waals surface area contributed by atoms with Crippen molar-refractivity contribution in [2.45, 2.75) is 37.6 Å². The number of hydrogen-bond donors (Lipinski definition) is 2. The van der Waals surface area contributed by atoms with Crippen LogP contribution in [-0.2, 0) is 23.8 Å². The summed E-state index contributed by atoms with van der Waals surface area (Å²) in [6.07, 6.45) is -2.86. The lowest BCUT2D eigenvalue weighted by Gasteiger charge is -2.43. The molecule has 1 rings (SSSR count).